The molecule has 176 valence electrons. The lowest BCUT2D eigenvalue weighted by Crippen LogP contribution is -2.41. The minimum absolute atomic E-state index is 0.0710. The highest BCUT2D eigenvalue weighted by Gasteiger charge is 2.32. The second-order valence-electron chi connectivity index (χ2n) is 9.74. The quantitative estimate of drug-likeness (QED) is 0.470. The predicted octanol–water partition coefficient (Wildman–Crippen LogP) is 4.20. The number of aromatic amines is 1. The number of tetrazole rings is 1. The van der Waals surface area contributed by atoms with Crippen LogP contribution >= 0.6 is 0 Å². The molecule has 1 aliphatic rings. The molecular formula is C27H32N6O. The monoisotopic (exact) mass is 456 g/mol. The lowest BCUT2D eigenvalue weighted by Gasteiger charge is -2.36. The maximum Gasteiger partial charge on any atom is 0.253 e. The topological polar surface area (TPSA) is 79.7 Å². The van der Waals surface area contributed by atoms with E-state index in [9.17, 15) is 4.79 Å². The van der Waals surface area contributed by atoms with E-state index < -0.39 is 0 Å². The highest BCUT2D eigenvalue weighted by Crippen LogP contribution is 2.31. The van der Waals surface area contributed by atoms with E-state index >= 15 is 0 Å². The Balaban J connectivity index is 1.59. The first-order chi connectivity index (χ1) is 16.5. The standard InChI is InChI=1S/C27H32N6O/c1-18-8-7-12-32(17-18)25(23-16-22-20(3)14-19(2)15-24(22)28-27(23)34)26-29-30-31-33(26)13-11-21-9-5-4-6-10-21/h4-6,9-10,14-16,18,25H,7-8,11-13,17H2,1-3H3,(H,28,34)/t18-,25+/m1/s1. The molecular weight excluding hydrogens is 424 g/mol. The lowest BCUT2D eigenvalue weighted by atomic mass is 9.95. The zero-order valence-corrected chi connectivity index (χ0v) is 20.2. The van der Waals surface area contributed by atoms with Crippen molar-refractivity contribution in [3.05, 3.63) is 87.0 Å². The number of benzene rings is 2. The molecule has 2 aromatic carbocycles. The number of nitrogens with one attached hydrogen (secondary N) is 1. The highest BCUT2D eigenvalue weighted by atomic mass is 16.1. The van der Waals surface area contributed by atoms with Crippen molar-refractivity contribution in [2.75, 3.05) is 13.1 Å². The van der Waals surface area contributed by atoms with Crippen molar-refractivity contribution in [3.63, 3.8) is 0 Å². The molecule has 0 spiro atoms. The molecule has 2 atom stereocenters. The Labute approximate surface area is 199 Å². The van der Waals surface area contributed by atoms with Crippen LogP contribution in [0.2, 0.25) is 0 Å². The number of aromatic nitrogens is 5. The van der Waals surface area contributed by atoms with Gasteiger partial charge in [0.2, 0.25) is 0 Å². The number of pyridine rings is 1. The van der Waals surface area contributed by atoms with Gasteiger partial charge in [0.15, 0.2) is 5.82 Å². The van der Waals surface area contributed by atoms with Crippen LogP contribution in [0.5, 0.6) is 0 Å². The number of hydrogen-bond donors (Lipinski definition) is 1. The van der Waals surface area contributed by atoms with Crippen LogP contribution in [-0.4, -0.2) is 43.2 Å². The Morgan fingerprint density at radius 1 is 1.15 bits per heavy atom. The highest BCUT2D eigenvalue weighted by molar-refractivity contribution is 5.83. The van der Waals surface area contributed by atoms with Crippen molar-refractivity contribution >= 4 is 10.9 Å². The SMILES string of the molecule is Cc1cc(C)c2cc([C@@H](c3nnnn3CCc3ccccc3)N3CCC[C@@H](C)C3)c(=O)[nH]c2c1. The summed E-state index contributed by atoms with van der Waals surface area (Å²) in [7, 11) is 0. The van der Waals surface area contributed by atoms with Gasteiger partial charge >= 0.3 is 0 Å². The number of nitrogens with zero attached hydrogens (tertiary/aromatic N) is 5. The number of piperidine rings is 1. The molecule has 1 fully saturated rings. The van der Waals surface area contributed by atoms with Crippen molar-refractivity contribution in [3.8, 4) is 0 Å². The zero-order chi connectivity index (χ0) is 23.7. The predicted molar refractivity (Wildman–Crippen MR) is 134 cm³/mol. The van der Waals surface area contributed by atoms with Crippen molar-refractivity contribution in [2.45, 2.75) is 52.6 Å². The van der Waals surface area contributed by atoms with Gasteiger partial charge in [0.25, 0.3) is 5.56 Å². The minimum atomic E-state index is -0.289. The van der Waals surface area contributed by atoms with E-state index in [0.717, 1.165) is 53.8 Å². The van der Waals surface area contributed by atoms with Gasteiger partial charge in [-0.2, -0.15) is 0 Å². The summed E-state index contributed by atoms with van der Waals surface area (Å²) in [5, 5.41) is 13.9. The molecule has 4 aromatic rings. The van der Waals surface area contributed by atoms with Crippen LogP contribution in [0.3, 0.4) is 0 Å². The summed E-state index contributed by atoms with van der Waals surface area (Å²) in [6.45, 7) is 8.93. The van der Waals surface area contributed by atoms with Crippen LogP contribution < -0.4 is 5.56 Å². The molecule has 0 radical (unpaired) electrons. The first-order valence-electron chi connectivity index (χ1n) is 12.2. The zero-order valence-electron chi connectivity index (χ0n) is 20.2. The number of aryl methyl sites for hydroxylation is 4. The van der Waals surface area contributed by atoms with E-state index in [1.807, 2.05) is 28.9 Å². The van der Waals surface area contributed by atoms with E-state index in [2.05, 4.69) is 70.4 Å². The van der Waals surface area contributed by atoms with Gasteiger partial charge in [-0.3, -0.25) is 9.69 Å². The number of fused-ring (bicyclic) bond motifs is 1. The molecule has 0 saturated carbocycles. The first-order valence-corrected chi connectivity index (χ1v) is 12.2. The summed E-state index contributed by atoms with van der Waals surface area (Å²) in [6, 6.07) is 16.3. The van der Waals surface area contributed by atoms with Gasteiger partial charge in [-0.15, -0.1) is 5.10 Å². The van der Waals surface area contributed by atoms with E-state index in [-0.39, 0.29) is 11.6 Å². The average molecular weight is 457 g/mol. The Morgan fingerprint density at radius 2 is 1.97 bits per heavy atom. The lowest BCUT2D eigenvalue weighted by molar-refractivity contribution is 0.141. The van der Waals surface area contributed by atoms with Crippen molar-refractivity contribution in [2.24, 2.45) is 5.92 Å². The second kappa shape index (κ2) is 9.50. The normalized spacial score (nSPS) is 17.8. The summed E-state index contributed by atoms with van der Waals surface area (Å²) >= 11 is 0. The fraction of sp³-hybridized carbons (Fsp3) is 0.407. The Bertz CT molecular complexity index is 1340. The van der Waals surface area contributed by atoms with E-state index in [1.54, 1.807) is 0 Å². The maximum absolute atomic E-state index is 13.4. The number of H-pyrrole nitrogens is 1. The molecule has 34 heavy (non-hydrogen) atoms. The Kier molecular flexibility index (Phi) is 6.28. The Morgan fingerprint density at radius 3 is 2.76 bits per heavy atom. The van der Waals surface area contributed by atoms with Crippen LogP contribution in [0.4, 0.5) is 0 Å². The molecule has 0 unspecified atom stereocenters. The van der Waals surface area contributed by atoms with Crippen LogP contribution in [-0.2, 0) is 13.0 Å². The van der Waals surface area contributed by atoms with Crippen LogP contribution in [0.15, 0.2) is 53.3 Å². The van der Waals surface area contributed by atoms with Gasteiger partial charge in [0, 0.05) is 29.6 Å². The molecule has 3 heterocycles. The summed E-state index contributed by atoms with van der Waals surface area (Å²) < 4.78 is 1.88. The first kappa shape index (κ1) is 22.5. The van der Waals surface area contributed by atoms with E-state index in [4.69, 9.17) is 0 Å². The van der Waals surface area contributed by atoms with Crippen molar-refractivity contribution in [1.29, 1.82) is 0 Å². The fourth-order valence-electron chi connectivity index (χ4n) is 5.30. The minimum Gasteiger partial charge on any atom is -0.322 e. The molecule has 0 bridgehead atoms. The molecule has 0 aliphatic carbocycles. The van der Waals surface area contributed by atoms with E-state index in [0.29, 0.717) is 18.0 Å². The van der Waals surface area contributed by atoms with Crippen molar-refractivity contribution in [1.82, 2.24) is 30.1 Å². The number of rotatable bonds is 6. The van der Waals surface area contributed by atoms with Gasteiger partial charge in [-0.1, -0.05) is 43.3 Å². The van der Waals surface area contributed by atoms with E-state index in [1.165, 1.54) is 12.0 Å². The van der Waals surface area contributed by atoms with Gasteiger partial charge in [-0.05, 0) is 84.8 Å². The number of hydrogen-bond acceptors (Lipinski definition) is 5. The third-order valence-electron chi connectivity index (χ3n) is 6.95. The maximum atomic E-state index is 13.4. The van der Waals surface area contributed by atoms with Crippen molar-refractivity contribution < 1.29 is 0 Å². The third-order valence-corrected chi connectivity index (χ3v) is 6.95. The molecule has 2 aromatic heterocycles. The second-order valence-corrected chi connectivity index (χ2v) is 9.74. The van der Waals surface area contributed by atoms with Gasteiger partial charge in [0.05, 0.1) is 0 Å². The molecule has 7 nitrogen and oxygen atoms in total. The van der Waals surface area contributed by atoms with Gasteiger partial charge < -0.3 is 4.98 Å². The van der Waals surface area contributed by atoms with Crippen LogP contribution in [0, 0.1) is 19.8 Å². The molecule has 5 rings (SSSR count). The molecule has 0 amide bonds. The third kappa shape index (κ3) is 4.53. The molecule has 1 aliphatic heterocycles. The number of likely N-dealkylation sites (tertiary alicyclic amines) is 1. The van der Waals surface area contributed by atoms with Gasteiger partial charge in [-0.25, -0.2) is 4.68 Å². The fourth-order valence-corrected chi connectivity index (χ4v) is 5.30. The summed E-state index contributed by atoms with van der Waals surface area (Å²) in [6.07, 6.45) is 3.13. The largest absolute Gasteiger partial charge is 0.322 e. The summed E-state index contributed by atoms with van der Waals surface area (Å²) in [5.74, 6) is 1.30. The average Bonchev–Trinajstić information content (AvgIpc) is 3.27. The molecule has 1 saturated heterocycles. The van der Waals surface area contributed by atoms with Crippen LogP contribution in [0.1, 0.15) is 53.9 Å². The molecule has 1 N–H and O–H groups in total. The summed E-state index contributed by atoms with van der Waals surface area (Å²) in [5.41, 5.74) is 5.05. The smallest absolute Gasteiger partial charge is 0.253 e. The molecule has 7 heteroatoms. The van der Waals surface area contributed by atoms with Crippen LogP contribution in [0.25, 0.3) is 10.9 Å². The van der Waals surface area contributed by atoms with Gasteiger partial charge in [0.1, 0.15) is 6.04 Å². The Hall–Kier alpha value is -3.32. The summed E-state index contributed by atoms with van der Waals surface area (Å²) in [4.78, 5) is 19.0.